The molecule has 4 nitrogen and oxygen atoms in total. The Morgan fingerprint density at radius 1 is 1.06 bits per heavy atom. The quantitative estimate of drug-likeness (QED) is 0.814. The van der Waals surface area contributed by atoms with Crippen LogP contribution in [0.5, 0.6) is 0 Å². The number of amides is 1. The van der Waals surface area contributed by atoms with E-state index in [0.717, 1.165) is 12.1 Å². The van der Waals surface area contributed by atoms with E-state index in [-0.39, 0.29) is 16.8 Å². The van der Waals surface area contributed by atoms with E-state index in [1.54, 1.807) is 0 Å². The molecule has 0 heterocycles. The van der Waals surface area contributed by atoms with Gasteiger partial charge in [0.1, 0.15) is 11.6 Å². The number of rotatable bonds is 3. The third-order valence-corrected chi connectivity index (χ3v) is 2.34. The molecule has 2 N–H and O–H groups in total. The van der Waals surface area contributed by atoms with Gasteiger partial charge >= 0.3 is 5.97 Å². The predicted molar refractivity (Wildman–Crippen MR) is 61.0 cm³/mol. The Kier molecular flexibility index (Phi) is 4.14. The van der Waals surface area contributed by atoms with E-state index in [1.807, 2.05) is 0 Å². The van der Waals surface area contributed by atoms with Crippen molar-refractivity contribution in [3.05, 3.63) is 41.0 Å². The van der Waals surface area contributed by atoms with Crippen molar-refractivity contribution in [2.24, 2.45) is 0 Å². The molecule has 0 aliphatic carbocycles. The first-order valence-electron chi connectivity index (χ1n) is 4.99. The summed E-state index contributed by atoms with van der Waals surface area (Å²) in [6.45, 7) is 2.58. The molecule has 18 heavy (non-hydrogen) atoms. The lowest BCUT2D eigenvalue weighted by Gasteiger charge is -2.07. The summed E-state index contributed by atoms with van der Waals surface area (Å²) in [5.74, 6) is -3.61. The highest BCUT2D eigenvalue weighted by Gasteiger charge is 2.13. The van der Waals surface area contributed by atoms with Crippen LogP contribution in [0.15, 0.2) is 29.3 Å². The first-order chi connectivity index (χ1) is 8.31. The van der Waals surface area contributed by atoms with Crippen LogP contribution in [0.3, 0.4) is 0 Å². The third-order valence-electron chi connectivity index (χ3n) is 2.34. The zero-order valence-corrected chi connectivity index (χ0v) is 9.75. The Balaban J connectivity index is 2.95. The van der Waals surface area contributed by atoms with Gasteiger partial charge in [-0.1, -0.05) is 0 Å². The first kappa shape index (κ1) is 13.8. The van der Waals surface area contributed by atoms with Crippen LogP contribution in [0.4, 0.5) is 14.5 Å². The number of aliphatic carboxylic acids is 1. The van der Waals surface area contributed by atoms with Gasteiger partial charge in [0, 0.05) is 22.9 Å². The molecule has 0 unspecified atom stereocenters. The number of carboxylic acid groups (broad SMARTS) is 1. The van der Waals surface area contributed by atoms with Gasteiger partial charge in [-0.3, -0.25) is 4.79 Å². The van der Waals surface area contributed by atoms with E-state index in [0.29, 0.717) is 6.07 Å². The number of carbonyl (C=O) groups excluding carboxylic acids is 1. The number of benzene rings is 1. The van der Waals surface area contributed by atoms with Gasteiger partial charge in [0.25, 0.3) is 5.91 Å². The Hall–Kier alpha value is -2.24. The molecule has 0 bridgehead atoms. The molecule has 1 aromatic carbocycles. The minimum absolute atomic E-state index is 0.0350. The fourth-order valence-corrected chi connectivity index (χ4v) is 1.18. The minimum Gasteiger partial charge on any atom is -0.478 e. The van der Waals surface area contributed by atoms with Crippen molar-refractivity contribution in [2.75, 3.05) is 5.32 Å². The molecule has 96 valence electrons. The first-order valence-corrected chi connectivity index (χ1v) is 4.99. The maximum atomic E-state index is 12.9. The van der Waals surface area contributed by atoms with Gasteiger partial charge in [-0.2, -0.15) is 0 Å². The standard InChI is InChI=1S/C12H11F2NO3/c1-6(7(2)12(17)18)11(16)15-10-4-8(13)3-9(14)5-10/h3-5H,1-2H3,(H,15,16)(H,17,18). The normalized spacial score (nSPS) is 11.8. The molecule has 0 atom stereocenters. The molecule has 1 aromatic rings. The molecule has 6 heteroatoms. The summed E-state index contributed by atoms with van der Waals surface area (Å²) in [6, 6.07) is 2.54. The van der Waals surface area contributed by atoms with Crippen molar-refractivity contribution < 1.29 is 23.5 Å². The molecular formula is C12H11F2NO3. The average Bonchev–Trinajstić information content (AvgIpc) is 2.25. The summed E-state index contributed by atoms with van der Waals surface area (Å²) in [6.07, 6.45) is 0. The van der Waals surface area contributed by atoms with Crippen molar-refractivity contribution in [1.29, 1.82) is 0 Å². The number of carboxylic acids is 1. The van der Waals surface area contributed by atoms with Crippen molar-refractivity contribution in [2.45, 2.75) is 13.8 Å². The number of hydrogen-bond acceptors (Lipinski definition) is 2. The lowest BCUT2D eigenvalue weighted by Crippen LogP contribution is -2.16. The Labute approximate surface area is 102 Å². The molecule has 1 amide bonds. The maximum absolute atomic E-state index is 12.9. The summed E-state index contributed by atoms with van der Waals surface area (Å²) in [5.41, 5.74) is -0.244. The smallest absolute Gasteiger partial charge is 0.331 e. The predicted octanol–water partition coefficient (Wildman–Crippen LogP) is 2.32. The third kappa shape index (κ3) is 3.38. The van der Waals surface area contributed by atoms with Gasteiger partial charge in [0.05, 0.1) is 0 Å². The van der Waals surface area contributed by atoms with E-state index in [2.05, 4.69) is 5.32 Å². The summed E-state index contributed by atoms with van der Waals surface area (Å²) in [7, 11) is 0. The van der Waals surface area contributed by atoms with Gasteiger partial charge in [-0.25, -0.2) is 13.6 Å². The lowest BCUT2D eigenvalue weighted by molar-refractivity contribution is -0.133. The van der Waals surface area contributed by atoms with Gasteiger partial charge in [-0.15, -0.1) is 0 Å². The highest BCUT2D eigenvalue weighted by Crippen LogP contribution is 2.14. The van der Waals surface area contributed by atoms with Crippen LogP contribution >= 0.6 is 0 Å². The second kappa shape index (κ2) is 5.39. The van der Waals surface area contributed by atoms with Crippen molar-refractivity contribution in [3.8, 4) is 0 Å². The van der Waals surface area contributed by atoms with Crippen LogP contribution in [0, 0.1) is 11.6 Å². The van der Waals surface area contributed by atoms with Crippen LogP contribution in [-0.4, -0.2) is 17.0 Å². The van der Waals surface area contributed by atoms with Gasteiger partial charge < -0.3 is 10.4 Å². The molecule has 0 aliphatic heterocycles. The van der Waals surface area contributed by atoms with E-state index < -0.39 is 23.5 Å². The Morgan fingerprint density at radius 3 is 2.00 bits per heavy atom. The highest BCUT2D eigenvalue weighted by atomic mass is 19.1. The van der Waals surface area contributed by atoms with E-state index >= 15 is 0 Å². The zero-order valence-electron chi connectivity index (χ0n) is 9.75. The number of hydrogen-bond donors (Lipinski definition) is 2. The molecule has 0 fully saturated rings. The summed E-state index contributed by atoms with van der Waals surface area (Å²) in [4.78, 5) is 22.3. The lowest BCUT2D eigenvalue weighted by atomic mass is 10.1. The molecule has 0 radical (unpaired) electrons. The summed E-state index contributed by atoms with van der Waals surface area (Å²) >= 11 is 0. The maximum Gasteiger partial charge on any atom is 0.331 e. The largest absolute Gasteiger partial charge is 0.478 e. The summed E-state index contributed by atoms with van der Waals surface area (Å²) < 4.78 is 25.7. The second-order valence-electron chi connectivity index (χ2n) is 3.67. The minimum atomic E-state index is -1.23. The zero-order chi connectivity index (χ0) is 13.9. The fourth-order valence-electron chi connectivity index (χ4n) is 1.18. The van der Waals surface area contributed by atoms with Gasteiger partial charge in [-0.05, 0) is 26.0 Å². The number of anilines is 1. The highest BCUT2D eigenvalue weighted by molar-refractivity contribution is 6.08. The Bertz CT molecular complexity index is 518. The monoisotopic (exact) mass is 255 g/mol. The topological polar surface area (TPSA) is 66.4 Å². The molecule has 0 aliphatic rings. The molecule has 0 saturated heterocycles. The van der Waals surface area contributed by atoms with E-state index in [1.165, 1.54) is 13.8 Å². The SMILES string of the molecule is CC(C(=O)O)=C(C)C(=O)Nc1cc(F)cc(F)c1. The van der Waals surface area contributed by atoms with Crippen LogP contribution in [-0.2, 0) is 9.59 Å². The summed E-state index contributed by atoms with van der Waals surface area (Å²) in [5, 5.41) is 10.9. The molecule has 0 aromatic heterocycles. The molecular weight excluding hydrogens is 244 g/mol. The number of nitrogens with one attached hydrogen (secondary N) is 1. The molecule has 1 rings (SSSR count). The molecule has 0 saturated carbocycles. The number of halogens is 2. The number of carbonyl (C=O) groups is 2. The van der Waals surface area contributed by atoms with E-state index in [9.17, 15) is 18.4 Å². The van der Waals surface area contributed by atoms with Crippen molar-refractivity contribution in [3.63, 3.8) is 0 Å². The average molecular weight is 255 g/mol. The van der Waals surface area contributed by atoms with Crippen LogP contribution in [0.25, 0.3) is 0 Å². The van der Waals surface area contributed by atoms with Crippen LogP contribution in [0.1, 0.15) is 13.8 Å². The van der Waals surface area contributed by atoms with Gasteiger partial charge in [0.15, 0.2) is 0 Å². The van der Waals surface area contributed by atoms with Crippen LogP contribution in [0.2, 0.25) is 0 Å². The van der Waals surface area contributed by atoms with Gasteiger partial charge in [0.2, 0.25) is 0 Å². The second-order valence-corrected chi connectivity index (χ2v) is 3.67. The van der Waals surface area contributed by atoms with Crippen molar-refractivity contribution >= 4 is 17.6 Å². The van der Waals surface area contributed by atoms with Crippen LogP contribution < -0.4 is 5.32 Å². The Morgan fingerprint density at radius 2 is 1.56 bits per heavy atom. The van der Waals surface area contributed by atoms with E-state index in [4.69, 9.17) is 5.11 Å². The van der Waals surface area contributed by atoms with Crippen molar-refractivity contribution in [1.82, 2.24) is 0 Å². The molecule has 0 spiro atoms. The fraction of sp³-hybridized carbons (Fsp3) is 0.167.